The number of hydrogen-bond acceptors (Lipinski definition) is 3. The van der Waals surface area contributed by atoms with Gasteiger partial charge in [-0.2, -0.15) is 0 Å². The Balaban J connectivity index is 2.87. The van der Waals surface area contributed by atoms with Gasteiger partial charge in [0.25, 0.3) is 0 Å². The summed E-state index contributed by atoms with van der Waals surface area (Å²) in [7, 11) is -3.46. The molecule has 0 amide bonds. The van der Waals surface area contributed by atoms with Crippen molar-refractivity contribution in [3.05, 3.63) is 29.8 Å². The summed E-state index contributed by atoms with van der Waals surface area (Å²) in [5.74, 6) is 0.756. The van der Waals surface area contributed by atoms with Gasteiger partial charge in [-0.25, -0.2) is 13.1 Å². The first-order valence-corrected chi connectivity index (χ1v) is 9.03. The lowest BCUT2D eigenvalue weighted by molar-refractivity contribution is 0.414. The van der Waals surface area contributed by atoms with E-state index in [1.54, 1.807) is 12.1 Å². The van der Waals surface area contributed by atoms with Crippen molar-refractivity contribution in [3.63, 3.8) is 0 Å². The summed E-state index contributed by atoms with van der Waals surface area (Å²) < 4.78 is 27.7. The molecule has 1 unspecified atom stereocenters. The Hall–Kier alpha value is -0.910. The number of sulfonamides is 1. The van der Waals surface area contributed by atoms with E-state index in [2.05, 4.69) is 30.8 Å². The highest BCUT2D eigenvalue weighted by molar-refractivity contribution is 7.89. The van der Waals surface area contributed by atoms with Crippen molar-refractivity contribution < 1.29 is 8.42 Å². The molecule has 1 rings (SSSR count). The smallest absolute Gasteiger partial charge is 0.240 e. The lowest BCUT2D eigenvalue weighted by Gasteiger charge is -2.18. The number of benzene rings is 1. The highest BCUT2D eigenvalue weighted by atomic mass is 32.2. The molecular formula is C16H28N2O2S. The Morgan fingerprint density at radius 1 is 1.05 bits per heavy atom. The average Bonchev–Trinajstić information content (AvgIpc) is 2.42. The van der Waals surface area contributed by atoms with Crippen LogP contribution < -0.4 is 10.0 Å². The summed E-state index contributed by atoms with van der Waals surface area (Å²) in [4.78, 5) is 0.370. The van der Waals surface area contributed by atoms with Gasteiger partial charge >= 0.3 is 0 Å². The molecule has 0 aliphatic rings. The quantitative estimate of drug-likeness (QED) is 0.776. The average molecular weight is 312 g/mol. The minimum absolute atomic E-state index is 0.306. The zero-order valence-electron chi connectivity index (χ0n) is 13.7. The Morgan fingerprint density at radius 3 is 2.24 bits per heavy atom. The van der Waals surface area contributed by atoms with Gasteiger partial charge in [0.15, 0.2) is 0 Å². The molecule has 0 spiro atoms. The van der Waals surface area contributed by atoms with Gasteiger partial charge in [0, 0.05) is 19.1 Å². The van der Waals surface area contributed by atoms with Gasteiger partial charge in [-0.05, 0) is 23.5 Å². The molecule has 1 aromatic carbocycles. The first-order chi connectivity index (χ1) is 9.74. The molecule has 0 heterocycles. The highest BCUT2D eigenvalue weighted by Crippen LogP contribution is 2.16. The van der Waals surface area contributed by atoms with Crippen LogP contribution in [0.5, 0.6) is 0 Å². The minimum atomic E-state index is -3.46. The molecule has 4 nitrogen and oxygen atoms in total. The second kappa shape index (κ2) is 7.92. The third-order valence-corrected chi connectivity index (χ3v) is 5.22. The number of hydrogen-bond donors (Lipinski definition) is 2. The summed E-state index contributed by atoms with van der Waals surface area (Å²) in [6, 6.07) is 7.47. The predicted molar refractivity (Wildman–Crippen MR) is 87.6 cm³/mol. The largest absolute Gasteiger partial charge is 0.310 e. The van der Waals surface area contributed by atoms with E-state index in [-0.39, 0.29) is 0 Å². The maximum atomic E-state index is 12.5. The normalized spacial score (nSPS) is 13.9. The van der Waals surface area contributed by atoms with Crippen LogP contribution in [-0.4, -0.2) is 21.0 Å². The molecule has 5 heteroatoms. The summed E-state index contributed by atoms with van der Waals surface area (Å²) in [6.07, 6.45) is 0. The third-order valence-electron chi connectivity index (χ3n) is 3.70. The Morgan fingerprint density at radius 2 is 1.67 bits per heavy atom. The van der Waals surface area contributed by atoms with Crippen LogP contribution in [0, 0.1) is 11.8 Å². The van der Waals surface area contributed by atoms with Gasteiger partial charge in [-0.3, -0.25) is 0 Å². The van der Waals surface area contributed by atoms with Crippen molar-refractivity contribution in [2.75, 3.05) is 6.54 Å². The number of rotatable bonds is 8. The molecule has 0 bridgehead atoms. The Kier molecular flexibility index (Phi) is 6.84. The first-order valence-electron chi connectivity index (χ1n) is 7.55. The Bertz CT molecular complexity index is 539. The second-order valence-electron chi connectivity index (χ2n) is 6.22. The summed E-state index contributed by atoms with van der Waals surface area (Å²) >= 11 is 0. The van der Waals surface area contributed by atoms with Gasteiger partial charge < -0.3 is 5.32 Å². The summed E-state index contributed by atoms with van der Waals surface area (Å²) in [5, 5.41) is 3.27. The monoisotopic (exact) mass is 312 g/mol. The van der Waals surface area contributed by atoms with Crippen LogP contribution in [0.4, 0.5) is 0 Å². The summed E-state index contributed by atoms with van der Waals surface area (Å²) in [5.41, 5.74) is 0.802. The van der Waals surface area contributed by atoms with Gasteiger partial charge in [-0.1, -0.05) is 52.8 Å². The molecule has 1 atom stereocenters. The fourth-order valence-electron chi connectivity index (χ4n) is 1.78. The van der Waals surface area contributed by atoms with Crippen LogP contribution in [-0.2, 0) is 16.6 Å². The maximum Gasteiger partial charge on any atom is 0.240 e. The van der Waals surface area contributed by atoms with Gasteiger partial charge in [-0.15, -0.1) is 0 Å². The van der Waals surface area contributed by atoms with Crippen molar-refractivity contribution in [2.24, 2.45) is 11.8 Å². The summed E-state index contributed by atoms with van der Waals surface area (Å²) in [6.45, 7) is 11.3. The van der Waals surface area contributed by atoms with Crippen LogP contribution in [0.15, 0.2) is 29.2 Å². The van der Waals surface area contributed by atoms with Crippen LogP contribution in [0.3, 0.4) is 0 Å². The van der Waals surface area contributed by atoms with E-state index in [9.17, 15) is 8.42 Å². The molecule has 1 aromatic rings. The van der Waals surface area contributed by atoms with E-state index in [0.29, 0.717) is 35.9 Å². The molecule has 120 valence electrons. The maximum absolute atomic E-state index is 12.5. The van der Waals surface area contributed by atoms with E-state index >= 15 is 0 Å². The number of nitrogens with one attached hydrogen (secondary N) is 2. The Labute approximate surface area is 129 Å². The minimum Gasteiger partial charge on any atom is -0.310 e. The fourth-order valence-corrected chi connectivity index (χ4v) is 3.16. The van der Waals surface area contributed by atoms with Crippen LogP contribution >= 0.6 is 0 Å². The zero-order valence-corrected chi connectivity index (χ0v) is 14.5. The fraction of sp³-hybridized carbons (Fsp3) is 0.625. The lowest BCUT2D eigenvalue weighted by Crippen LogP contribution is -2.31. The lowest BCUT2D eigenvalue weighted by atomic mass is 9.99. The molecule has 0 aromatic heterocycles. The van der Waals surface area contributed by atoms with Crippen molar-refractivity contribution in [3.8, 4) is 0 Å². The highest BCUT2D eigenvalue weighted by Gasteiger charge is 2.19. The van der Waals surface area contributed by atoms with Crippen molar-refractivity contribution in [1.29, 1.82) is 0 Å². The van der Waals surface area contributed by atoms with Gasteiger partial charge in [0.2, 0.25) is 10.0 Å². The van der Waals surface area contributed by atoms with Gasteiger partial charge in [0.05, 0.1) is 4.90 Å². The first kappa shape index (κ1) is 18.1. The zero-order chi connectivity index (χ0) is 16.0. The van der Waals surface area contributed by atoms with Crippen molar-refractivity contribution in [2.45, 2.75) is 52.1 Å². The molecule has 0 aliphatic carbocycles. The topological polar surface area (TPSA) is 58.2 Å². The van der Waals surface area contributed by atoms with E-state index in [1.165, 1.54) is 0 Å². The molecular weight excluding hydrogens is 284 g/mol. The second-order valence-corrected chi connectivity index (χ2v) is 7.95. The van der Waals surface area contributed by atoms with Gasteiger partial charge in [0.1, 0.15) is 0 Å². The van der Waals surface area contributed by atoms with E-state index in [1.807, 2.05) is 26.0 Å². The van der Waals surface area contributed by atoms with E-state index in [0.717, 1.165) is 5.56 Å². The van der Waals surface area contributed by atoms with Crippen LogP contribution in [0.25, 0.3) is 0 Å². The van der Waals surface area contributed by atoms with Crippen molar-refractivity contribution >= 4 is 10.0 Å². The van der Waals surface area contributed by atoms with E-state index < -0.39 is 10.0 Å². The SMILES string of the molecule is CC(C)NCc1ccccc1S(=O)(=O)NCC(C)C(C)C. The predicted octanol–water partition coefficient (Wildman–Crippen LogP) is 2.76. The molecule has 0 saturated heterocycles. The molecule has 0 saturated carbocycles. The molecule has 2 N–H and O–H groups in total. The molecule has 21 heavy (non-hydrogen) atoms. The third kappa shape index (κ3) is 5.77. The molecule has 0 fully saturated rings. The van der Waals surface area contributed by atoms with Crippen LogP contribution in [0.1, 0.15) is 40.2 Å². The van der Waals surface area contributed by atoms with Crippen molar-refractivity contribution in [1.82, 2.24) is 10.0 Å². The standard InChI is InChI=1S/C16H28N2O2S/c1-12(2)14(5)10-18-21(19,20)16-9-7-6-8-15(16)11-17-13(3)4/h6-9,12-14,17-18H,10-11H2,1-5H3. The molecule has 0 aliphatic heterocycles. The molecule has 0 radical (unpaired) electrons. The van der Waals surface area contributed by atoms with E-state index in [4.69, 9.17) is 0 Å². The van der Waals surface area contributed by atoms with Crippen LogP contribution in [0.2, 0.25) is 0 Å².